The van der Waals surface area contributed by atoms with Crippen molar-refractivity contribution in [1.82, 2.24) is 0 Å². The van der Waals surface area contributed by atoms with Gasteiger partial charge in [0.1, 0.15) is 24.0 Å². The van der Waals surface area contributed by atoms with Crippen LogP contribution in [0.25, 0.3) is 6.08 Å². The number of benzene rings is 3. The third-order valence-electron chi connectivity index (χ3n) is 4.59. The van der Waals surface area contributed by atoms with Crippen LogP contribution >= 0.6 is 27.5 Å². The van der Waals surface area contributed by atoms with Crippen LogP contribution in [-0.4, -0.2) is 5.91 Å². The van der Waals surface area contributed by atoms with E-state index in [1.807, 2.05) is 25.1 Å². The standard InChI is InChI=1S/C25H17BrClN3O2/c1-16-10-21(27)7-8-23(16)30-25(31)20(14-29)11-17-6-9-24(22(26)12-17)32-15-19-5-3-2-4-18(19)13-28/h2-12H,15H2,1H3,(H,30,31)/b20-11+. The maximum absolute atomic E-state index is 12.6. The molecule has 7 heteroatoms. The second-order valence-electron chi connectivity index (χ2n) is 6.83. The Morgan fingerprint density at radius 3 is 2.62 bits per heavy atom. The fraction of sp³-hybridized carbons (Fsp3) is 0.0800. The minimum Gasteiger partial charge on any atom is -0.488 e. The number of ether oxygens (including phenoxy) is 1. The molecule has 0 radical (unpaired) electrons. The maximum Gasteiger partial charge on any atom is 0.266 e. The summed E-state index contributed by atoms with van der Waals surface area (Å²) in [6.07, 6.45) is 1.50. The molecule has 0 atom stereocenters. The van der Waals surface area contributed by atoms with E-state index >= 15 is 0 Å². The van der Waals surface area contributed by atoms with Crippen LogP contribution in [0.2, 0.25) is 5.02 Å². The smallest absolute Gasteiger partial charge is 0.266 e. The zero-order valence-corrected chi connectivity index (χ0v) is 19.4. The van der Waals surface area contributed by atoms with Crippen molar-refractivity contribution in [3.05, 3.63) is 98.0 Å². The Morgan fingerprint density at radius 2 is 1.94 bits per heavy atom. The average Bonchev–Trinajstić information content (AvgIpc) is 2.78. The normalized spacial score (nSPS) is 10.7. The summed E-state index contributed by atoms with van der Waals surface area (Å²) in [6, 6.07) is 21.6. The van der Waals surface area contributed by atoms with Crippen LogP contribution in [0.5, 0.6) is 5.75 Å². The Morgan fingerprint density at radius 1 is 1.16 bits per heavy atom. The Labute approximate surface area is 199 Å². The number of carbonyl (C=O) groups excluding carboxylic acids is 1. The van der Waals surface area contributed by atoms with E-state index in [2.05, 4.69) is 27.3 Å². The zero-order valence-electron chi connectivity index (χ0n) is 17.0. The molecule has 3 aromatic rings. The molecule has 3 rings (SSSR count). The minimum atomic E-state index is -0.512. The van der Waals surface area contributed by atoms with E-state index in [1.54, 1.807) is 48.5 Å². The summed E-state index contributed by atoms with van der Waals surface area (Å²) >= 11 is 9.41. The van der Waals surface area contributed by atoms with E-state index in [4.69, 9.17) is 16.3 Å². The highest BCUT2D eigenvalue weighted by Gasteiger charge is 2.12. The predicted octanol–water partition coefficient (Wildman–Crippen LogP) is 6.41. The fourth-order valence-corrected chi connectivity index (χ4v) is 3.64. The molecule has 0 bridgehead atoms. The lowest BCUT2D eigenvalue weighted by atomic mass is 10.1. The van der Waals surface area contributed by atoms with Crippen LogP contribution in [0.15, 0.2) is 70.7 Å². The molecule has 5 nitrogen and oxygen atoms in total. The van der Waals surface area contributed by atoms with Gasteiger partial charge < -0.3 is 10.1 Å². The first-order chi connectivity index (χ1) is 15.4. The zero-order chi connectivity index (χ0) is 23.1. The number of amides is 1. The van der Waals surface area contributed by atoms with Gasteiger partial charge in [0.05, 0.1) is 16.1 Å². The Kier molecular flexibility index (Phi) is 7.68. The lowest BCUT2D eigenvalue weighted by molar-refractivity contribution is -0.112. The number of nitriles is 2. The third-order valence-corrected chi connectivity index (χ3v) is 5.44. The van der Waals surface area contributed by atoms with Gasteiger partial charge in [-0.3, -0.25) is 4.79 Å². The molecule has 3 aromatic carbocycles. The number of aryl methyl sites for hydroxylation is 1. The van der Waals surface area contributed by atoms with E-state index < -0.39 is 5.91 Å². The second kappa shape index (κ2) is 10.6. The van der Waals surface area contributed by atoms with Gasteiger partial charge in [0.15, 0.2) is 0 Å². The number of anilines is 1. The number of carbonyl (C=O) groups is 1. The van der Waals surface area contributed by atoms with E-state index in [0.717, 1.165) is 11.1 Å². The molecule has 1 N–H and O–H groups in total. The number of nitrogens with one attached hydrogen (secondary N) is 1. The molecule has 0 unspecified atom stereocenters. The van der Waals surface area contributed by atoms with Crippen molar-refractivity contribution in [3.8, 4) is 17.9 Å². The molecular weight excluding hydrogens is 490 g/mol. The van der Waals surface area contributed by atoms with Gasteiger partial charge >= 0.3 is 0 Å². The highest BCUT2D eigenvalue weighted by molar-refractivity contribution is 9.10. The summed E-state index contributed by atoms with van der Waals surface area (Å²) in [5.41, 5.74) is 3.34. The summed E-state index contributed by atoms with van der Waals surface area (Å²) in [6.45, 7) is 2.06. The van der Waals surface area contributed by atoms with Gasteiger partial charge in [0, 0.05) is 16.3 Å². The molecule has 0 saturated carbocycles. The van der Waals surface area contributed by atoms with Crippen molar-refractivity contribution in [2.75, 3.05) is 5.32 Å². The monoisotopic (exact) mass is 505 g/mol. The highest BCUT2D eigenvalue weighted by Crippen LogP contribution is 2.28. The summed E-state index contributed by atoms with van der Waals surface area (Å²) in [5.74, 6) is 0.0668. The molecule has 0 saturated heterocycles. The first-order valence-corrected chi connectivity index (χ1v) is 10.7. The summed E-state index contributed by atoms with van der Waals surface area (Å²) in [5, 5.41) is 22.0. The van der Waals surface area contributed by atoms with Crippen molar-refractivity contribution in [2.45, 2.75) is 13.5 Å². The molecule has 1 amide bonds. The van der Waals surface area contributed by atoms with Gasteiger partial charge in [0.2, 0.25) is 0 Å². The van der Waals surface area contributed by atoms with Crippen LogP contribution in [0.3, 0.4) is 0 Å². The number of halogens is 2. The van der Waals surface area contributed by atoms with Gasteiger partial charge in [-0.1, -0.05) is 35.9 Å². The van der Waals surface area contributed by atoms with Gasteiger partial charge in [-0.25, -0.2) is 0 Å². The molecular formula is C25H17BrClN3O2. The van der Waals surface area contributed by atoms with Gasteiger partial charge in [-0.05, 0) is 76.5 Å². The molecule has 0 fully saturated rings. The van der Waals surface area contributed by atoms with E-state index in [9.17, 15) is 15.3 Å². The molecule has 0 aliphatic rings. The molecule has 32 heavy (non-hydrogen) atoms. The van der Waals surface area contributed by atoms with Crippen molar-refractivity contribution in [2.24, 2.45) is 0 Å². The summed E-state index contributed by atoms with van der Waals surface area (Å²) in [7, 11) is 0. The Bertz CT molecular complexity index is 1290. The number of rotatable bonds is 6. The van der Waals surface area contributed by atoms with E-state index in [1.165, 1.54) is 6.08 Å². The fourth-order valence-electron chi connectivity index (χ4n) is 2.91. The van der Waals surface area contributed by atoms with Crippen molar-refractivity contribution >= 4 is 45.2 Å². The first-order valence-electron chi connectivity index (χ1n) is 9.51. The Hall–Kier alpha value is -3.58. The number of hydrogen-bond donors (Lipinski definition) is 1. The molecule has 0 spiro atoms. The van der Waals surface area contributed by atoms with Crippen LogP contribution in [0.1, 0.15) is 22.3 Å². The topological polar surface area (TPSA) is 85.9 Å². The van der Waals surface area contributed by atoms with Gasteiger partial charge in [0.25, 0.3) is 5.91 Å². The third kappa shape index (κ3) is 5.76. The second-order valence-corrected chi connectivity index (χ2v) is 8.12. The van der Waals surface area contributed by atoms with Gasteiger partial charge in [-0.15, -0.1) is 0 Å². The van der Waals surface area contributed by atoms with Crippen LogP contribution in [0, 0.1) is 29.6 Å². The highest BCUT2D eigenvalue weighted by atomic mass is 79.9. The van der Waals surface area contributed by atoms with Crippen molar-refractivity contribution in [3.63, 3.8) is 0 Å². The van der Waals surface area contributed by atoms with Gasteiger partial charge in [-0.2, -0.15) is 10.5 Å². The summed E-state index contributed by atoms with van der Waals surface area (Å²) in [4.78, 5) is 12.6. The number of nitrogens with zero attached hydrogens (tertiary/aromatic N) is 2. The molecule has 0 aliphatic carbocycles. The van der Waals surface area contributed by atoms with Crippen LogP contribution in [-0.2, 0) is 11.4 Å². The largest absolute Gasteiger partial charge is 0.488 e. The molecule has 0 aliphatic heterocycles. The molecule has 0 aromatic heterocycles. The minimum absolute atomic E-state index is 0.0390. The average molecular weight is 507 g/mol. The lowest BCUT2D eigenvalue weighted by Gasteiger charge is -2.10. The van der Waals surface area contributed by atoms with Crippen molar-refractivity contribution < 1.29 is 9.53 Å². The number of hydrogen-bond acceptors (Lipinski definition) is 4. The Balaban J connectivity index is 1.74. The van der Waals surface area contributed by atoms with Crippen LogP contribution in [0.4, 0.5) is 5.69 Å². The summed E-state index contributed by atoms with van der Waals surface area (Å²) < 4.78 is 6.49. The first kappa shape index (κ1) is 23.1. The molecule has 158 valence electrons. The van der Waals surface area contributed by atoms with Crippen molar-refractivity contribution in [1.29, 1.82) is 10.5 Å². The predicted molar refractivity (Wildman–Crippen MR) is 128 cm³/mol. The van der Waals surface area contributed by atoms with E-state index in [-0.39, 0.29) is 12.2 Å². The maximum atomic E-state index is 12.6. The van der Waals surface area contributed by atoms with Crippen LogP contribution < -0.4 is 10.1 Å². The SMILES string of the molecule is Cc1cc(Cl)ccc1NC(=O)/C(C#N)=C/c1ccc(OCc2ccccc2C#N)c(Br)c1. The lowest BCUT2D eigenvalue weighted by Crippen LogP contribution is -2.14. The van der Waals surface area contributed by atoms with E-state index in [0.29, 0.717) is 32.1 Å². The molecule has 0 heterocycles. The quantitative estimate of drug-likeness (QED) is 0.309.